The highest BCUT2D eigenvalue weighted by atomic mass is 35.5. The van der Waals surface area contributed by atoms with Gasteiger partial charge in [0.25, 0.3) is 10.0 Å². The number of aryl methyl sites for hydroxylation is 1. The third-order valence-corrected chi connectivity index (χ3v) is 9.56. The highest BCUT2D eigenvalue weighted by Gasteiger charge is 2.35. The number of halogens is 1. The zero-order valence-electron chi connectivity index (χ0n) is 26.4. The summed E-state index contributed by atoms with van der Waals surface area (Å²) in [7, 11) is -4.29. The zero-order chi connectivity index (χ0) is 33.1. The predicted molar refractivity (Wildman–Crippen MR) is 183 cm³/mol. The fourth-order valence-corrected chi connectivity index (χ4v) is 6.63. The second-order valence-electron chi connectivity index (χ2n) is 10.8. The highest BCUT2D eigenvalue weighted by Crippen LogP contribution is 2.33. The minimum atomic E-state index is -4.29. The van der Waals surface area contributed by atoms with Gasteiger partial charge in [0.1, 0.15) is 18.3 Å². The largest absolute Gasteiger partial charge is 0.492 e. The van der Waals surface area contributed by atoms with Crippen LogP contribution in [0.2, 0.25) is 5.02 Å². The molecule has 4 aromatic carbocycles. The van der Waals surface area contributed by atoms with Crippen LogP contribution in [0.3, 0.4) is 0 Å². The van der Waals surface area contributed by atoms with Gasteiger partial charge in [-0.2, -0.15) is 0 Å². The lowest BCUT2D eigenvalue weighted by atomic mass is 10.0. The Balaban J connectivity index is 1.84. The number of benzene rings is 4. The van der Waals surface area contributed by atoms with Crippen LogP contribution < -0.4 is 14.4 Å². The zero-order valence-corrected chi connectivity index (χ0v) is 27.9. The number of hydrogen-bond acceptors (Lipinski definition) is 5. The first-order valence-corrected chi connectivity index (χ1v) is 17.1. The van der Waals surface area contributed by atoms with Crippen LogP contribution in [0.15, 0.2) is 108 Å². The lowest BCUT2D eigenvalue weighted by molar-refractivity contribution is -0.140. The van der Waals surface area contributed by atoms with Gasteiger partial charge >= 0.3 is 0 Å². The van der Waals surface area contributed by atoms with Crippen LogP contribution in [0.4, 0.5) is 5.69 Å². The van der Waals surface area contributed by atoms with E-state index >= 15 is 0 Å². The van der Waals surface area contributed by atoms with Gasteiger partial charge in [-0.3, -0.25) is 13.9 Å². The minimum absolute atomic E-state index is 0.0389. The number of anilines is 1. The first kappa shape index (κ1) is 34.5. The molecule has 1 unspecified atom stereocenters. The molecule has 8 nitrogen and oxygen atoms in total. The molecule has 2 amide bonds. The molecule has 0 heterocycles. The van der Waals surface area contributed by atoms with Gasteiger partial charge < -0.3 is 15.0 Å². The van der Waals surface area contributed by atoms with Gasteiger partial charge in [-0.1, -0.05) is 85.3 Å². The number of nitrogens with one attached hydrogen (secondary N) is 1. The minimum Gasteiger partial charge on any atom is -0.492 e. The first-order chi connectivity index (χ1) is 22.1. The average Bonchev–Trinajstić information content (AvgIpc) is 3.06. The third-order valence-electron chi connectivity index (χ3n) is 7.54. The van der Waals surface area contributed by atoms with Crippen LogP contribution in [-0.2, 0) is 32.6 Å². The van der Waals surface area contributed by atoms with Crippen LogP contribution in [0.5, 0.6) is 5.75 Å². The number of sulfonamides is 1. The second-order valence-corrected chi connectivity index (χ2v) is 13.1. The molecule has 242 valence electrons. The predicted octanol–water partition coefficient (Wildman–Crippen LogP) is 6.41. The van der Waals surface area contributed by atoms with E-state index in [1.165, 1.54) is 29.2 Å². The van der Waals surface area contributed by atoms with Crippen molar-refractivity contribution in [3.05, 3.63) is 125 Å². The summed E-state index contributed by atoms with van der Waals surface area (Å²) >= 11 is 6.08. The molecule has 46 heavy (non-hydrogen) atoms. The number of carbonyl (C=O) groups is 2. The number of para-hydroxylation sites is 2. The summed E-state index contributed by atoms with van der Waals surface area (Å²) in [5.41, 5.74) is 2.87. The van der Waals surface area contributed by atoms with Gasteiger partial charge in [0.2, 0.25) is 11.8 Å². The molecule has 0 aliphatic heterocycles. The smallest absolute Gasteiger partial charge is 0.264 e. The van der Waals surface area contributed by atoms with Crippen molar-refractivity contribution in [1.29, 1.82) is 0 Å². The van der Waals surface area contributed by atoms with Gasteiger partial charge in [-0.05, 0) is 73.4 Å². The van der Waals surface area contributed by atoms with E-state index < -0.39 is 28.5 Å². The Labute approximate surface area is 277 Å². The Kier molecular flexibility index (Phi) is 12.2. The molecule has 10 heteroatoms. The maximum absolute atomic E-state index is 14.6. The molecule has 0 fully saturated rings. The summed E-state index contributed by atoms with van der Waals surface area (Å²) in [4.78, 5) is 29.9. The number of nitrogens with zero attached hydrogens (tertiary/aromatic N) is 2. The van der Waals surface area contributed by atoms with Gasteiger partial charge in [-0.15, -0.1) is 0 Å². The molecule has 1 N–H and O–H groups in total. The van der Waals surface area contributed by atoms with Crippen molar-refractivity contribution in [3.63, 3.8) is 0 Å². The Morgan fingerprint density at radius 2 is 1.52 bits per heavy atom. The summed E-state index contributed by atoms with van der Waals surface area (Å²) in [5, 5.41) is 3.34. The Bertz CT molecular complexity index is 1720. The van der Waals surface area contributed by atoms with E-state index in [-0.39, 0.29) is 36.1 Å². The molecule has 4 rings (SSSR count). The van der Waals surface area contributed by atoms with Crippen molar-refractivity contribution in [3.8, 4) is 5.75 Å². The molecule has 0 saturated heterocycles. The molecular formula is C36H40ClN3O5S. The number of hydrogen-bond donors (Lipinski definition) is 1. The Morgan fingerprint density at radius 1 is 0.870 bits per heavy atom. The van der Waals surface area contributed by atoms with E-state index in [0.717, 1.165) is 27.4 Å². The van der Waals surface area contributed by atoms with Crippen molar-refractivity contribution < 1.29 is 22.7 Å². The lowest BCUT2D eigenvalue weighted by Gasteiger charge is -2.34. The van der Waals surface area contributed by atoms with Crippen LogP contribution in [-0.4, -0.2) is 50.9 Å². The number of rotatable bonds is 15. The summed E-state index contributed by atoms with van der Waals surface area (Å²) < 4.78 is 35.4. The molecule has 0 aliphatic rings. The van der Waals surface area contributed by atoms with E-state index in [1.807, 2.05) is 68.4 Å². The fraction of sp³-hybridized carbons (Fsp3) is 0.278. The Morgan fingerprint density at radius 3 is 2.20 bits per heavy atom. The second kappa shape index (κ2) is 16.3. The maximum Gasteiger partial charge on any atom is 0.264 e. The van der Waals surface area contributed by atoms with Gasteiger partial charge in [0.15, 0.2) is 0 Å². The molecule has 0 saturated carbocycles. The standard InChI is InChI=1S/C36H40ClN3O5S/c1-4-23-38-36(42)33(24-28-14-7-6-8-15-28)39(25-29-16-10-9-13-27(29)3)35(41)26-40(32-17-11-12-18-34(32)45-5-2)46(43,44)31-21-19-30(37)20-22-31/h6-22,33H,4-5,23-26H2,1-3H3,(H,38,42). The average molecular weight is 662 g/mol. The molecule has 0 radical (unpaired) electrons. The maximum atomic E-state index is 14.6. The van der Waals surface area contributed by atoms with Crippen molar-refractivity contribution in [1.82, 2.24) is 10.2 Å². The summed E-state index contributed by atoms with van der Waals surface area (Å²) in [5.74, 6) is -0.545. The monoisotopic (exact) mass is 661 g/mol. The van der Waals surface area contributed by atoms with Crippen LogP contribution in [0, 0.1) is 6.92 Å². The van der Waals surface area contributed by atoms with Gasteiger partial charge in [0, 0.05) is 24.5 Å². The molecule has 4 aromatic rings. The molecule has 1 atom stereocenters. The van der Waals surface area contributed by atoms with E-state index in [0.29, 0.717) is 17.3 Å². The van der Waals surface area contributed by atoms with Crippen LogP contribution in [0.1, 0.15) is 37.0 Å². The van der Waals surface area contributed by atoms with E-state index in [4.69, 9.17) is 16.3 Å². The van der Waals surface area contributed by atoms with Crippen molar-refractivity contribution in [2.75, 3.05) is 24.0 Å². The highest BCUT2D eigenvalue weighted by molar-refractivity contribution is 7.92. The van der Waals surface area contributed by atoms with Crippen molar-refractivity contribution >= 4 is 39.1 Å². The molecule has 0 spiro atoms. The topological polar surface area (TPSA) is 96.0 Å². The Hall–Kier alpha value is -4.34. The molecular weight excluding hydrogens is 622 g/mol. The third kappa shape index (κ3) is 8.68. The summed E-state index contributed by atoms with van der Waals surface area (Å²) in [6.07, 6.45) is 0.963. The van der Waals surface area contributed by atoms with E-state index in [2.05, 4.69) is 5.32 Å². The molecule has 0 aromatic heterocycles. The lowest BCUT2D eigenvalue weighted by Crippen LogP contribution is -2.53. The van der Waals surface area contributed by atoms with Crippen LogP contribution >= 0.6 is 11.6 Å². The SMILES string of the molecule is CCCNC(=O)C(Cc1ccccc1)N(Cc1ccccc1C)C(=O)CN(c1ccccc1OCC)S(=O)(=O)c1ccc(Cl)cc1. The van der Waals surface area contributed by atoms with Gasteiger partial charge in [0.05, 0.1) is 17.2 Å². The molecule has 0 aliphatic carbocycles. The number of amides is 2. The van der Waals surface area contributed by atoms with E-state index in [1.54, 1.807) is 31.2 Å². The van der Waals surface area contributed by atoms with Crippen molar-refractivity contribution in [2.45, 2.75) is 51.1 Å². The number of ether oxygens (including phenoxy) is 1. The van der Waals surface area contributed by atoms with E-state index in [9.17, 15) is 18.0 Å². The number of carbonyl (C=O) groups excluding carboxylic acids is 2. The quantitative estimate of drug-likeness (QED) is 0.159. The first-order valence-electron chi connectivity index (χ1n) is 15.3. The van der Waals surface area contributed by atoms with Gasteiger partial charge in [-0.25, -0.2) is 8.42 Å². The fourth-order valence-electron chi connectivity index (χ4n) is 5.08. The summed E-state index contributed by atoms with van der Waals surface area (Å²) in [6.45, 7) is 5.95. The molecule has 0 bridgehead atoms. The van der Waals surface area contributed by atoms with Crippen molar-refractivity contribution in [2.24, 2.45) is 0 Å². The summed E-state index contributed by atoms with van der Waals surface area (Å²) in [6, 6.07) is 28.7. The normalized spacial score (nSPS) is 11.8. The van der Waals surface area contributed by atoms with Crippen LogP contribution in [0.25, 0.3) is 0 Å².